The Morgan fingerprint density at radius 3 is 2.64 bits per heavy atom. The average molecular weight is 389 g/mol. The Kier molecular flexibility index (Phi) is 4.53. The van der Waals surface area contributed by atoms with Crippen molar-refractivity contribution in [3.8, 4) is 5.75 Å². The number of hydrogen-bond donors (Lipinski definition) is 1. The Bertz CT molecular complexity index is 1010. The van der Waals surface area contributed by atoms with Gasteiger partial charge in [0.15, 0.2) is 11.6 Å². The fraction of sp³-hybridized carbons (Fsp3) is 0.500. The van der Waals surface area contributed by atoms with Crippen LogP contribution in [0.15, 0.2) is 17.1 Å². The molecule has 0 bridgehead atoms. The van der Waals surface area contributed by atoms with E-state index < -0.39 is 17.5 Å². The first-order chi connectivity index (χ1) is 13.3. The number of rotatable bonds is 3. The molecular weight excluding hydrogens is 365 g/mol. The minimum atomic E-state index is -1.56. The molecule has 1 atom stereocenters. The molecule has 0 aromatic carbocycles. The molecule has 4 rings (SSSR count). The molecule has 2 aromatic heterocycles. The van der Waals surface area contributed by atoms with Crippen LogP contribution in [0.4, 0.5) is 14.9 Å². The number of piperazine rings is 1. The third kappa shape index (κ3) is 3.11. The van der Waals surface area contributed by atoms with Crippen molar-refractivity contribution in [3.63, 3.8) is 0 Å². The summed E-state index contributed by atoms with van der Waals surface area (Å²) in [6.07, 6.45) is 1.53. The molecule has 150 valence electrons. The number of carbonyl (C=O) groups is 1. The monoisotopic (exact) mass is 389 g/mol. The number of hydrogen-bond acceptors (Lipinski definition) is 5. The van der Waals surface area contributed by atoms with Gasteiger partial charge in [0.2, 0.25) is 0 Å². The number of likely N-dealkylation sites (N-methyl/N-ethyl adjacent to an activating group) is 1. The number of pyridine rings is 2. The Hall–Kier alpha value is -2.61. The van der Waals surface area contributed by atoms with Crippen LogP contribution in [-0.4, -0.2) is 53.3 Å². The van der Waals surface area contributed by atoms with Crippen molar-refractivity contribution < 1.29 is 19.0 Å². The van der Waals surface area contributed by atoms with Crippen molar-refractivity contribution >= 4 is 17.4 Å². The lowest BCUT2D eigenvalue weighted by Crippen LogP contribution is -2.51. The van der Waals surface area contributed by atoms with Crippen LogP contribution < -0.4 is 15.2 Å². The molecule has 1 saturated heterocycles. The molecule has 1 aliphatic carbocycles. The first kappa shape index (κ1) is 18.7. The largest absolute Gasteiger partial charge is 0.511 e. The van der Waals surface area contributed by atoms with Crippen LogP contribution in [0.5, 0.6) is 5.75 Å². The molecule has 2 aliphatic rings. The highest BCUT2D eigenvalue weighted by Gasteiger charge is 2.32. The van der Waals surface area contributed by atoms with Gasteiger partial charge in [-0.25, -0.2) is 9.18 Å². The van der Waals surface area contributed by atoms with Gasteiger partial charge in [0.25, 0.3) is 5.56 Å². The van der Waals surface area contributed by atoms with Gasteiger partial charge in [-0.3, -0.25) is 9.20 Å². The highest BCUT2D eigenvalue weighted by Crippen LogP contribution is 2.44. The summed E-state index contributed by atoms with van der Waals surface area (Å²) in [6.45, 7) is 6.27. The summed E-state index contributed by atoms with van der Waals surface area (Å²) < 4.78 is 21.1. The van der Waals surface area contributed by atoms with E-state index in [0.717, 1.165) is 31.5 Å². The number of nitrogens with zero attached hydrogens (tertiary/aromatic N) is 3. The third-order valence-corrected chi connectivity index (χ3v) is 5.74. The Morgan fingerprint density at radius 1 is 1.32 bits per heavy atom. The van der Waals surface area contributed by atoms with Gasteiger partial charge in [0.1, 0.15) is 0 Å². The first-order valence-electron chi connectivity index (χ1n) is 9.52. The van der Waals surface area contributed by atoms with E-state index in [0.29, 0.717) is 23.3 Å². The molecule has 1 saturated carbocycles. The van der Waals surface area contributed by atoms with Gasteiger partial charge >= 0.3 is 6.16 Å². The average Bonchev–Trinajstić information content (AvgIpc) is 3.44. The summed E-state index contributed by atoms with van der Waals surface area (Å²) in [5.74, 6) is -0.544. The number of carboxylic acid groups (broad SMARTS) is 1. The first-order valence-corrected chi connectivity index (χ1v) is 9.52. The van der Waals surface area contributed by atoms with Crippen molar-refractivity contribution in [1.29, 1.82) is 0 Å². The SMILES string of the molecule is Cc1c(N2CCN(C)CC2C)c(F)cn2c(=O)c(OC(=O)O)cc(C3CC3)c12. The molecule has 3 heterocycles. The summed E-state index contributed by atoms with van der Waals surface area (Å²) in [7, 11) is 2.05. The van der Waals surface area contributed by atoms with E-state index in [9.17, 15) is 9.59 Å². The van der Waals surface area contributed by atoms with E-state index in [1.807, 2.05) is 14.0 Å². The fourth-order valence-electron chi connectivity index (χ4n) is 4.31. The van der Waals surface area contributed by atoms with E-state index in [1.165, 1.54) is 16.7 Å². The number of halogens is 1. The topological polar surface area (TPSA) is 74.5 Å². The Labute approximate surface area is 161 Å². The fourth-order valence-corrected chi connectivity index (χ4v) is 4.31. The smallest absolute Gasteiger partial charge is 0.449 e. The van der Waals surface area contributed by atoms with Crippen molar-refractivity contribution in [2.75, 3.05) is 31.6 Å². The van der Waals surface area contributed by atoms with Crippen LogP contribution in [0.2, 0.25) is 0 Å². The maximum Gasteiger partial charge on any atom is 0.511 e. The molecule has 0 spiro atoms. The number of aryl methyl sites for hydroxylation is 1. The highest BCUT2D eigenvalue weighted by atomic mass is 19.1. The Balaban J connectivity index is 1.94. The number of aromatic nitrogens is 1. The molecule has 7 nitrogen and oxygen atoms in total. The summed E-state index contributed by atoms with van der Waals surface area (Å²) in [5, 5.41) is 8.93. The van der Waals surface area contributed by atoms with Crippen LogP contribution in [-0.2, 0) is 0 Å². The second kappa shape index (κ2) is 6.77. The molecule has 8 heteroatoms. The summed E-state index contributed by atoms with van der Waals surface area (Å²) >= 11 is 0. The second-order valence-electron chi connectivity index (χ2n) is 7.89. The van der Waals surface area contributed by atoms with Crippen molar-refractivity contribution in [3.05, 3.63) is 39.6 Å². The number of ether oxygens (including phenoxy) is 1. The maximum absolute atomic E-state index is 15.2. The molecule has 1 N–H and O–H groups in total. The van der Waals surface area contributed by atoms with Gasteiger partial charge in [-0.15, -0.1) is 0 Å². The normalized spacial score (nSPS) is 20.6. The van der Waals surface area contributed by atoms with Gasteiger partial charge in [-0.2, -0.15) is 0 Å². The Morgan fingerprint density at radius 2 is 2.04 bits per heavy atom. The van der Waals surface area contributed by atoms with Crippen LogP contribution in [0, 0.1) is 12.7 Å². The van der Waals surface area contributed by atoms with Crippen molar-refractivity contribution in [1.82, 2.24) is 9.30 Å². The molecular formula is C20H24FN3O4. The van der Waals surface area contributed by atoms with Gasteiger partial charge in [-0.05, 0) is 56.8 Å². The van der Waals surface area contributed by atoms with Crippen molar-refractivity contribution in [2.24, 2.45) is 0 Å². The zero-order valence-corrected chi connectivity index (χ0v) is 16.2. The standard InChI is InChI=1S/C20H24FN3O4/c1-11-9-22(3)6-7-23(11)18-12(2)17-14(13-4-5-13)8-16(28-20(26)27)19(25)24(17)10-15(18)21/h8,10-11,13H,4-7,9H2,1-3H3,(H,26,27). The zero-order chi connectivity index (χ0) is 20.2. The van der Waals surface area contributed by atoms with E-state index in [1.54, 1.807) is 0 Å². The third-order valence-electron chi connectivity index (χ3n) is 5.74. The predicted octanol–water partition coefficient (Wildman–Crippen LogP) is 2.82. The summed E-state index contributed by atoms with van der Waals surface area (Å²) in [4.78, 5) is 28.0. The summed E-state index contributed by atoms with van der Waals surface area (Å²) in [5.41, 5.74) is 2.07. The number of anilines is 1. The number of fused-ring (bicyclic) bond motifs is 1. The van der Waals surface area contributed by atoms with E-state index >= 15 is 4.39 Å². The lowest BCUT2D eigenvalue weighted by atomic mass is 10.0. The minimum Gasteiger partial charge on any atom is -0.449 e. The molecule has 1 aliphatic heterocycles. The zero-order valence-electron chi connectivity index (χ0n) is 16.2. The maximum atomic E-state index is 15.2. The van der Waals surface area contributed by atoms with Gasteiger partial charge in [-0.1, -0.05) is 0 Å². The van der Waals surface area contributed by atoms with Gasteiger partial charge < -0.3 is 19.6 Å². The molecule has 1 unspecified atom stereocenters. The van der Waals surface area contributed by atoms with Crippen LogP contribution in [0.25, 0.3) is 5.52 Å². The van der Waals surface area contributed by atoms with Crippen molar-refractivity contribution in [2.45, 2.75) is 38.6 Å². The van der Waals surface area contributed by atoms with Crippen LogP contribution in [0.3, 0.4) is 0 Å². The van der Waals surface area contributed by atoms with Crippen LogP contribution in [0.1, 0.15) is 36.8 Å². The molecule has 2 fully saturated rings. The highest BCUT2D eigenvalue weighted by molar-refractivity contribution is 5.74. The molecule has 2 aromatic rings. The lowest BCUT2D eigenvalue weighted by molar-refractivity contribution is 0.143. The second-order valence-corrected chi connectivity index (χ2v) is 7.89. The van der Waals surface area contributed by atoms with E-state index in [-0.39, 0.29) is 17.7 Å². The molecule has 28 heavy (non-hydrogen) atoms. The van der Waals surface area contributed by atoms with E-state index in [2.05, 4.69) is 21.5 Å². The van der Waals surface area contributed by atoms with Gasteiger partial charge in [0.05, 0.1) is 17.4 Å². The predicted molar refractivity (Wildman–Crippen MR) is 103 cm³/mol. The van der Waals surface area contributed by atoms with Gasteiger partial charge in [0, 0.05) is 25.7 Å². The van der Waals surface area contributed by atoms with Crippen LogP contribution >= 0.6 is 0 Å². The lowest BCUT2D eigenvalue weighted by Gasteiger charge is -2.40. The van der Waals surface area contributed by atoms with E-state index in [4.69, 9.17) is 5.11 Å². The summed E-state index contributed by atoms with van der Waals surface area (Å²) in [6, 6.07) is 1.66. The molecule has 0 radical (unpaired) electrons. The quantitative estimate of drug-likeness (QED) is 0.814. The molecule has 0 amide bonds. The minimum absolute atomic E-state index is 0.139.